The van der Waals surface area contributed by atoms with E-state index < -0.39 is 0 Å². The smallest absolute Gasteiger partial charge is 0.255 e. The zero-order valence-electron chi connectivity index (χ0n) is 17.6. The summed E-state index contributed by atoms with van der Waals surface area (Å²) < 4.78 is 6.06. The van der Waals surface area contributed by atoms with Crippen molar-refractivity contribution in [2.45, 2.75) is 19.0 Å². The van der Waals surface area contributed by atoms with E-state index in [0.29, 0.717) is 30.0 Å². The van der Waals surface area contributed by atoms with Gasteiger partial charge < -0.3 is 9.64 Å². The monoisotopic (exact) mass is 418 g/mol. The number of hydrogen-bond acceptors (Lipinski definition) is 3. The summed E-state index contributed by atoms with van der Waals surface area (Å²) in [7, 11) is 0. The number of nitrogens with zero attached hydrogens (tertiary/aromatic N) is 2. The molecule has 0 unspecified atom stereocenters. The van der Waals surface area contributed by atoms with Crippen LogP contribution in [0.2, 0.25) is 0 Å². The van der Waals surface area contributed by atoms with Crippen molar-refractivity contribution in [3.8, 4) is 11.8 Å². The van der Waals surface area contributed by atoms with Gasteiger partial charge in [-0.1, -0.05) is 60.7 Å². The average Bonchev–Trinajstić information content (AvgIpc) is 2.86. The Labute approximate surface area is 187 Å². The van der Waals surface area contributed by atoms with Crippen molar-refractivity contribution in [2.75, 3.05) is 6.61 Å². The molecule has 1 atom stereocenters. The second-order valence-electron chi connectivity index (χ2n) is 8.03. The van der Waals surface area contributed by atoms with Gasteiger partial charge in [0.05, 0.1) is 17.7 Å². The highest BCUT2D eigenvalue weighted by Gasteiger charge is 2.31. The minimum atomic E-state index is -0.0907. The van der Waals surface area contributed by atoms with Crippen molar-refractivity contribution in [3.63, 3.8) is 0 Å². The Morgan fingerprint density at radius 1 is 0.906 bits per heavy atom. The predicted octanol–water partition coefficient (Wildman–Crippen LogP) is 5.36. The lowest BCUT2D eigenvalue weighted by atomic mass is 9.93. The lowest BCUT2D eigenvalue weighted by molar-refractivity contribution is 0.0568. The Bertz CT molecular complexity index is 1320. The molecular weight excluding hydrogens is 396 g/mol. The number of fused-ring (bicyclic) bond motifs is 2. The zero-order valence-corrected chi connectivity index (χ0v) is 17.6. The maximum absolute atomic E-state index is 13.8. The average molecular weight is 418 g/mol. The molecule has 0 saturated carbocycles. The number of amides is 1. The summed E-state index contributed by atoms with van der Waals surface area (Å²) in [6, 6.07) is 31.3. The van der Waals surface area contributed by atoms with Crippen LogP contribution >= 0.6 is 0 Å². The molecule has 4 nitrogen and oxygen atoms in total. The predicted molar refractivity (Wildman–Crippen MR) is 124 cm³/mol. The highest BCUT2D eigenvalue weighted by Crippen LogP contribution is 2.28. The first-order valence-electron chi connectivity index (χ1n) is 10.7. The molecule has 4 aromatic rings. The minimum Gasteiger partial charge on any atom is -0.491 e. The van der Waals surface area contributed by atoms with E-state index in [1.54, 1.807) is 24.3 Å². The number of nitriles is 1. The van der Waals surface area contributed by atoms with Gasteiger partial charge in [0.25, 0.3) is 5.91 Å². The quantitative estimate of drug-likeness (QED) is 0.448. The van der Waals surface area contributed by atoms with Crippen LogP contribution in [-0.4, -0.2) is 23.5 Å². The van der Waals surface area contributed by atoms with E-state index in [1.165, 1.54) is 11.1 Å². The molecule has 0 fully saturated rings. The highest BCUT2D eigenvalue weighted by atomic mass is 16.5. The Hall–Kier alpha value is -4.10. The maximum atomic E-state index is 13.8. The fourth-order valence-electron chi connectivity index (χ4n) is 4.36. The van der Waals surface area contributed by atoms with Crippen molar-refractivity contribution in [1.82, 2.24) is 4.90 Å². The van der Waals surface area contributed by atoms with Crippen molar-refractivity contribution in [2.24, 2.45) is 0 Å². The van der Waals surface area contributed by atoms with Crippen molar-refractivity contribution in [1.29, 1.82) is 5.26 Å². The van der Waals surface area contributed by atoms with Gasteiger partial charge in [-0.25, -0.2) is 0 Å². The topological polar surface area (TPSA) is 53.3 Å². The molecule has 0 radical (unpaired) electrons. The van der Waals surface area contributed by atoms with Crippen LogP contribution in [0.4, 0.5) is 0 Å². The first kappa shape index (κ1) is 19.8. The van der Waals surface area contributed by atoms with E-state index in [9.17, 15) is 4.79 Å². The van der Waals surface area contributed by atoms with E-state index in [-0.39, 0.29) is 11.9 Å². The molecule has 0 N–H and O–H groups in total. The summed E-state index contributed by atoms with van der Waals surface area (Å²) in [6.07, 6.45) is 0.739. The molecule has 0 spiro atoms. The van der Waals surface area contributed by atoms with E-state index in [1.807, 2.05) is 59.5 Å². The largest absolute Gasteiger partial charge is 0.491 e. The first-order chi connectivity index (χ1) is 15.7. The van der Waals surface area contributed by atoms with Gasteiger partial charge in [-0.15, -0.1) is 0 Å². The number of hydrogen-bond donors (Lipinski definition) is 0. The van der Waals surface area contributed by atoms with Crippen molar-refractivity contribution >= 4 is 16.7 Å². The molecule has 5 rings (SSSR count). The molecule has 32 heavy (non-hydrogen) atoms. The van der Waals surface area contributed by atoms with E-state index >= 15 is 0 Å². The number of carbonyl (C=O) groups is 1. The molecule has 1 aliphatic rings. The molecule has 1 amide bonds. The van der Waals surface area contributed by atoms with Crippen molar-refractivity contribution in [3.05, 3.63) is 113 Å². The second-order valence-corrected chi connectivity index (χ2v) is 8.03. The highest BCUT2D eigenvalue weighted by molar-refractivity contribution is 6.07. The summed E-state index contributed by atoms with van der Waals surface area (Å²) >= 11 is 0. The fraction of sp³-hybridized carbons (Fsp3) is 0.143. The van der Waals surface area contributed by atoms with E-state index in [2.05, 4.69) is 18.2 Å². The van der Waals surface area contributed by atoms with Gasteiger partial charge in [-0.2, -0.15) is 5.26 Å². The third-order valence-electron chi connectivity index (χ3n) is 6.06. The third-order valence-corrected chi connectivity index (χ3v) is 6.06. The second kappa shape index (κ2) is 8.56. The summed E-state index contributed by atoms with van der Waals surface area (Å²) in [5.41, 5.74) is 3.74. The standard InChI is InChI=1S/C28H22N2O2/c29-17-20-12-14-25(15-13-20)32-19-24-16-22-7-1-2-8-23(22)18-30(24)28(31)27-11-5-9-21-6-3-4-10-26(21)27/h1-15,24H,16,18-19H2/t24-/m0/s1. The van der Waals surface area contributed by atoms with Crippen LogP contribution in [0, 0.1) is 11.3 Å². The van der Waals surface area contributed by atoms with Gasteiger partial charge in [-0.3, -0.25) is 4.79 Å². The summed E-state index contributed by atoms with van der Waals surface area (Å²) in [4.78, 5) is 15.7. The van der Waals surface area contributed by atoms with Crippen LogP contribution in [0.15, 0.2) is 91.0 Å². The van der Waals surface area contributed by atoms with Gasteiger partial charge in [0.2, 0.25) is 0 Å². The first-order valence-corrected chi connectivity index (χ1v) is 10.7. The minimum absolute atomic E-state index is 0.0183. The molecule has 156 valence electrons. The number of benzene rings is 4. The molecule has 4 aromatic carbocycles. The summed E-state index contributed by atoms with van der Waals surface area (Å²) in [5, 5.41) is 11.0. The molecule has 1 heterocycles. The number of rotatable bonds is 4. The Morgan fingerprint density at radius 2 is 1.62 bits per heavy atom. The van der Waals surface area contributed by atoms with Gasteiger partial charge >= 0.3 is 0 Å². The molecule has 4 heteroatoms. The SMILES string of the molecule is N#Cc1ccc(OC[C@@H]2Cc3ccccc3CN2C(=O)c2cccc3ccccc23)cc1. The maximum Gasteiger partial charge on any atom is 0.255 e. The van der Waals surface area contributed by atoms with E-state index in [4.69, 9.17) is 10.00 Å². The lowest BCUT2D eigenvalue weighted by Gasteiger charge is -2.37. The van der Waals surface area contributed by atoms with Gasteiger partial charge in [0, 0.05) is 12.1 Å². The van der Waals surface area contributed by atoms with Crippen LogP contribution < -0.4 is 4.74 Å². The summed E-state index contributed by atoms with van der Waals surface area (Å²) in [6.45, 7) is 0.941. The Kier molecular flexibility index (Phi) is 5.31. The molecule has 0 aromatic heterocycles. The molecule has 1 aliphatic heterocycles. The Balaban J connectivity index is 1.45. The van der Waals surface area contributed by atoms with Crippen LogP contribution in [-0.2, 0) is 13.0 Å². The number of ether oxygens (including phenoxy) is 1. The van der Waals surface area contributed by atoms with Gasteiger partial charge in [0.1, 0.15) is 12.4 Å². The fourth-order valence-corrected chi connectivity index (χ4v) is 4.36. The normalized spacial score (nSPS) is 15.1. The number of carbonyl (C=O) groups excluding carboxylic acids is 1. The van der Waals surface area contributed by atoms with Gasteiger partial charge in [0.15, 0.2) is 0 Å². The zero-order chi connectivity index (χ0) is 21.9. The van der Waals surface area contributed by atoms with Crippen LogP contribution in [0.5, 0.6) is 5.75 Å². The van der Waals surface area contributed by atoms with Crippen molar-refractivity contribution < 1.29 is 9.53 Å². The van der Waals surface area contributed by atoms with Crippen LogP contribution in [0.1, 0.15) is 27.0 Å². The molecule has 0 saturated heterocycles. The van der Waals surface area contributed by atoms with Gasteiger partial charge in [-0.05, 0) is 58.7 Å². The van der Waals surface area contributed by atoms with E-state index in [0.717, 1.165) is 17.2 Å². The molecule has 0 bridgehead atoms. The third kappa shape index (κ3) is 3.81. The lowest BCUT2D eigenvalue weighted by Crippen LogP contribution is -2.47. The van der Waals surface area contributed by atoms with Crippen LogP contribution in [0.25, 0.3) is 10.8 Å². The Morgan fingerprint density at radius 3 is 2.44 bits per heavy atom. The van der Waals surface area contributed by atoms with Crippen LogP contribution in [0.3, 0.4) is 0 Å². The summed E-state index contributed by atoms with van der Waals surface area (Å²) in [5.74, 6) is 0.713. The molecular formula is C28H22N2O2. The molecule has 0 aliphatic carbocycles.